The summed E-state index contributed by atoms with van der Waals surface area (Å²) in [6.45, 7) is 1.01. The Balaban J connectivity index is 0.000000358. The molecule has 25 heavy (non-hydrogen) atoms. The summed E-state index contributed by atoms with van der Waals surface area (Å²) in [4.78, 5) is 2.43. The molecule has 1 saturated heterocycles. The van der Waals surface area contributed by atoms with Crippen molar-refractivity contribution in [2.75, 3.05) is 13.6 Å². The number of likely N-dealkylation sites (N-methyl/N-ethyl adjacent to an activating group) is 1. The van der Waals surface area contributed by atoms with E-state index < -0.39 is 16.9 Å². The Morgan fingerprint density at radius 3 is 2.76 bits per heavy atom. The third-order valence-corrected chi connectivity index (χ3v) is 6.15. The number of nitrogens with zero attached hydrogens (tertiary/aromatic N) is 1. The summed E-state index contributed by atoms with van der Waals surface area (Å²) < 4.78 is 30.1. The number of phenols is 1. The third-order valence-electron chi connectivity index (χ3n) is 6.15. The number of piperidine rings is 1. The van der Waals surface area contributed by atoms with Gasteiger partial charge >= 0.3 is 0 Å². The first-order valence-corrected chi connectivity index (χ1v) is 9.15. The zero-order chi connectivity index (χ0) is 17.9. The van der Waals surface area contributed by atoms with Gasteiger partial charge in [-0.15, -0.1) is 0 Å². The van der Waals surface area contributed by atoms with Crippen molar-refractivity contribution < 1.29 is 39.7 Å². The SMILES string of the molecule is CN1CC[C@]23c4c5ccc(O)c4O[C@H]2[C@@H](O)C=C[C@H]3[C@H]1C5.[O-][Cl+2]([O-])O. The van der Waals surface area contributed by atoms with E-state index in [1.54, 1.807) is 6.07 Å². The van der Waals surface area contributed by atoms with Crippen LogP contribution < -0.4 is 14.1 Å². The average Bonchev–Trinajstić information content (AvgIpc) is 2.90. The van der Waals surface area contributed by atoms with Gasteiger partial charge in [-0.3, -0.25) is 0 Å². The molecule has 2 bridgehead atoms. The topological polar surface area (TPSA) is 119 Å². The minimum Gasteiger partial charge on any atom is -0.504 e. The molecule has 0 radical (unpaired) electrons. The minimum atomic E-state index is -2.60. The molecule has 3 N–H and O–H groups in total. The lowest BCUT2D eigenvalue weighted by molar-refractivity contribution is -1.63. The van der Waals surface area contributed by atoms with Gasteiger partial charge in [0.05, 0.1) is 0 Å². The normalized spacial score (nSPS) is 37.2. The molecule has 7 nitrogen and oxygen atoms in total. The van der Waals surface area contributed by atoms with Gasteiger partial charge in [-0.2, -0.15) is 0 Å². The van der Waals surface area contributed by atoms with Crippen molar-refractivity contribution in [3.05, 3.63) is 35.4 Å². The largest absolute Gasteiger partial charge is 0.504 e. The molecule has 2 aliphatic heterocycles. The molecular weight excluding hydrogens is 350 g/mol. The van der Waals surface area contributed by atoms with Gasteiger partial charge in [0.15, 0.2) is 11.5 Å². The first-order valence-electron chi connectivity index (χ1n) is 8.19. The third kappa shape index (κ3) is 2.31. The van der Waals surface area contributed by atoms with E-state index in [0.29, 0.717) is 17.7 Å². The Hall–Kier alpha value is -1.35. The fourth-order valence-electron chi connectivity index (χ4n) is 5.24. The van der Waals surface area contributed by atoms with Crippen LogP contribution in [0.1, 0.15) is 17.5 Å². The lowest BCUT2D eigenvalue weighted by Gasteiger charge is -2.56. The maximum Gasteiger partial charge on any atom is 0.282 e. The van der Waals surface area contributed by atoms with Crippen molar-refractivity contribution in [2.24, 2.45) is 5.92 Å². The number of rotatable bonds is 0. The molecule has 136 valence electrons. The molecule has 5 atom stereocenters. The van der Waals surface area contributed by atoms with Crippen LogP contribution in [0.3, 0.4) is 0 Å². The van der Waals surface area contributed by atoms with E-state index in [1.807, 2.05) is 12.1 Å². The molecule has 0 saturated carbocycles. The predicted molar refractivity (Wildman–Crippen MR) is 79.8 cm³/mol. The van der Waals surface area contributed by atoms with E-state index in [9.17, 15) is 10.2 Å². The Morgan fingerprint density at radius 2 is 2.04 bits per heavy atom. The highest BCUT2D eigenvalue weighted by Crippen LogP contribution is 2.62. The molecular formula is C17H20ClNO6. The van der Waals surface area contributed by atoms with E-state index in [4.69, 9.17) is 18.7 Å². The summed E-state index contributed by atoms with van der Waals surface area (Å²) in [7, 11) is -0.414. The minimum absolute atomic E-state index is 0.160. The second kappa shape index (κ2) is 5.84. The highest BCUT2D eigenvalue weighted by molar-refractivity contribution is 5.61. The van der Waals surface area contributed by atoms with Crippen LogP contribution >= 0.6 is 0 Å². The smallest absolute Gasteiger partial charge is 0.282 e. The van der Waals surface area contributed by atoms with Crippen LogP contribution in [0.15, 0.2) is 24.3 Å². The van der Waals surface area contributed by atoms with E-state index in [-0.39, 0.29) is 17.3 Å². The molecule has 1 aromatic carbocycles. The van der Waals surface area contributed by atoms with Gasteiger partial charge in [0.25, 0.3) is 10.8 Å². The molecule has 1 fully saturated rings. The highest BCUT2D eigenvalue weighted by atomic mass is 35.6. The van der Waals surface area contributed by atoms with Gasteiger partial charge in [-0.25, -0.2) is 0 Å². The number of likely N-dealkylation sites (tertiary alicyclic amines) is 1. The molecule has 1 spiro atoms. The van der Waals surface area contributed by atoms with Crippen molar-refractivity contribution in [2.45, 2.75) is 36.5 Å². The zero-order valence-electron chi connectivity index (χ0n) is 13.6. The van der Waals surface area contributed by atoms with E-state index in [1.165, 1.54) is 11.1 Å². The van der Waals surface area contributed by atoms with Crippen LogP contribution in [0.5, 0.6) is 11.5 Å². The van der Waals surface area contributed by atoms with Gasteiger partial charge < -0.3 is 29.2 Å². The van der Waals surface area contributed by atoms with Crippen LogP contribution in [0.25, 0.3) is 0 Å². The Kier molecular flexibility index (Phi) is 3.99. The van der Waals surface area contributed by atoms with Crippen molar-refractivity contribution in [1.82, 2.24) is 4.90 Å². The number of benzene rings is 1. The second-order valence-electron chi connectivity index (χ2n) is 7.13. The number of hydrogen-bond donors (Lipinski definition) is 3. The first kappa shape index (κ1) is 17.1. The summed E-state index contributed by atoms with van der Waals surface area (Å²) in [6.07, 6.45) is 5.18. The molecule has 4 aliphatic rings. The van der Waals surface area contributed by atoms with E-state index >= 15 is 0 Å². The van der Waals surface area contributed by atoms with Crippen LogP contribution in [0.4, 0.5) is 0 Å². The van der Waals surface area contributed by atoms with E-state index in [0.717, 1.165) is 19.4 Å². The van der Waals surface area contributed by atoms with Crippen molar-refractivity contribution in [1.29, 1.82) is 0 Å². The Labute approximate surface area is 148 Å². The number of halogens is 1. The number of aliphatic hydroxyl groups excluding tert-OH is 1. The summed E-state index contributed by atoms with van der Waals surface area (Å²) in [5.74, 6) is 1.19. The van der Waals surface area contributed by atoms with Gasteiger partial charge in [0.2, 0.25) is 0 Å². The van der Waals surface area contributed by atoms with Gasteiger partial charge in [-0.05, 0) is 38.1 Å². The zero-order valence-corrected chi connectivity index (χ0v) is 14.4. The van der Waals surface area contributed by atoms with Crippen LogP contribution in [0, 0.1) is 16.7 Å². The maximum atomic E-state index is 10.4. The van der Waals surface area contributed by atoms with Crippen molar-refractivity contribution in [3.63, 3.8) is 0 Å². The lowest BCUT2D eigenvalue weighted by Crippen LogP contribution is -2.64. The Bertz CT molecular complexity index is 723. The van der Waals surface area contributed by atoms with E-state index in [2.05, 4.69) is 18.0 Å². The fraction of sp³-hybridized carbons (Fsp3) is 0.529. The number of hydrogen-bond acceptors (Lipinski definition) is 7. The molecule has 0 aromatic heterocycles. The summed E-state index contributed by atoms with van der Waals surface area (Å²) in [5.41, 5.74) is 2.29. The number of aromatic hydroxyl groups is 1. The molecule has 0 amide bonds. The maximum absolute atomic E-state index is 10.4. The lowest BCUT2D eigenvalue weighted by atomic mass is 9.53. The standard InChI is InChI=1S/C17H19NO3.ClHO3/c1-18-7-6-17-10-3-5-13(20)16(17)21-15-12(19)4-2-9(14(15)17)8-11(10)18;2-1(3)4/h2-5,10-11,13,16,19-20H,6-8H2,1H3;2H/t10-,11+,13-,16-,17-;/m0./s1. The highest BCUT2D eigenvalue weighted by Gasteiger charge is 2.64. The first-order chi connectivity index (χ1) is 11.9. The molecule has 2 heterocycles. The molecule has 5 rings (SSSR count). The Morgan fingerprint density at radius 1 is 1.32 bits per heavy atom. The van der Waals surface area contributed by atoms with Crippen LogP contribution in [-0.4, -0.2) is 51.6 Å². The molecule has 2 aliphatic carbocycles. The summed E-state index contributed by atoms with van der Waals surface area (Å²) >= 11 is 0. The van der Waals surface area contributed by atoms with Crippen molar-refractivity contribution in [3.8, 4) is 11.5 Å². The summed E-state index contributed by atoms with van der Waals surface area (Å²) in [5, 5.41) is 20.6. The second-order valence-corrected chi connectivity index (χ2v) is 7.53. The number of ether oxygens (including phenoxy) is 1. The van der Waals surface area contributed by atoms with Crippen molar-refractivity contribution >= 4 is 0 Å². The van der Waals surface area contributed by atoms with Crippen LogP contribution in [0.2, 0.25) is 0 Å². The number of phenolic OH excluding ortho intramolecular Hbond substituents is 1. The number of aliphatic hydroxyl groups is 1. The summed E-state index contributed by atoms with van der Waals surface area (Å²) in [6, 6.07) is 4.23. The monoisotopic (exact) mass is 369 g/mol. The predicted octanol–water partition coefficient (Wildman–Crippen LogP) is -1.74. The quantitative estimate of drug-likeness (QED) is 0.464. The van der Waals surface area contributed by atoms with Gasteiger partial charge in [0, 0.05) is 27.6 Å². The molecule has 1 aromatic rings. The average molecular weight is 370 g/mol. The molecule has 0 unspecified atom stereocenters. The van der Waals surface area contributed by atoms with Crippen LogP contribution in [-0.2, 0) is 11.8 Å². The van der Waals surface area contributed by atoms with Gasteiger partial charge in [-0.1, -0.05) is 18.2 Å². The van der Waals surface area contributed by atoms with Gasteiger partial charge in [0.1, 0.15) is 12.2 Å². The fourth-order valence-corrected chi connectivity index (χ4v) is 5.24. The molecule has 8 heteroatoms.